The van der Waals surface area contributed by atoms with Crippen LogP contribution in [0.3, 0.4) is 0 Å². The van der Waals surface area contributed by atoms with E-state index in [0.717, 1.165) is 31.5 Å². The molecular formula is C16H21NO2. The van der Waals surface area contributed by atoms with Crippen molar-refractivity contribution >= 4 is 11.7 Å². The molecule has 3 nitrogen and oxygen atoms in total. The summed E-state index contributed by atoms with van der Waals surface area (Å²) >= 11 is 0. The van der Waals surface area contributed by atoms with Crippen LogP contribution in [0.5, 0.6) is 0 Å². The van der Waals surface area contributed by atoms with E-state index in [9.17, 15) is 9.90 Å². The molecular weight excluding hydrogens is 238 g/mol. The maximum Gasteiger partial charge on any atom is 0.314 e. The van der Waals surface area contributed by atoms with Crippen LogP contribution in [0.4, 0.5) is 5.69 Å². The van der Waals surface area contributed by atoms with Crippen LogP contribution in [0.2, 0.25) is 0 Å². The molecule has 1 saturated carbocycles. The van der Waals surface area contributed by atoms with Crippen molar-refractivity contribution in [1.29, 1.82) is 0 Å². The van der Waals surface area contributed by atoms with Crippen molar-refractivity contribution in [2.24, 2.45) is 0 Å². The van der Waals surface area contributed by atoms with Crippen molar-refractivity contribution in [2.75, 3.05) is 18.0 Å². The monoisotopic (exact) mass is 259 g/mol. The van der Waals surface area contributed by atoms with Gasteiger partial charge in [-0.05, 0) is 43.4 Å². The van der Waals surface area contributed by atoms with Gasteiger partial charge in [0, 0.05) is 18.8 Å². The van der Waals surface area contributed by atoms with E-state index in [0.29, 0.717) is 0 Å². The van der Waals surface area contributed by atoms with E-state index in [1.807, 2.05) is 12.1 Å². The topological polar surface area (TPSA) is 40.5 Å². The van der Waals surface area contributed by atoms with Gasteiger partial charge in [-0.1, -0.05) is 25.0 Å². The minimum absolute atomic E-state index is 0.572. The number of nitrogens with zero attached hydrogens (tertiary/aromatic N) is 1. The Balaban J connectivity index is 1.77. The highest BCUT2D eigenvalue weighted by Gasteiger charge is 2.51. The van der Waals surface area contributed by atoms with Crippen LogP contribution in [0, 0.1) is 0 Å². The van der Waals surface area contributed by atoms with Crippen LogP contribution in [0.1, 0.15) is 44.1 Å². The summed E-state index contributed by atoms with van der Waals surface area (Å²) in [6.45, 7) is 2.26. The highest BCUT2D eigenvalue weighted by Crippen LogP contribution is 2.48. The van der Waals surface area contributed by atoms with Crippen molar-refractivity contribution in [2.45, 2.75) is 43.9 Å². The van der Waals surface area contributed by atoms with Gasteiger partial charge in [-0.25, -0.2) is 0 Å². The molecule has 2 fully saturated rings. The molecule has 1 saturated heterocycles. The molecule has 1 N–H and O–H groups in total. The molecule has 1 aliphatic carbocycles. The van der Waals surface area contributed by atoms with Crippen LogP contribution in [0.15, 0.2) is 24.3 Å². The maximum absolute atomic E-state index is 11.3. The third-order valence-corrected chi connectivity index (χ3v) is 4.55. The highest BCUT2D eigenvalue weighted by atomic mass is 16.4. The summed E-state index contributed by atoms with van der Waals surface area (Å²) in [5.41, 5.74) is 1.64. The second-order valence-corrected chi connectivity index (χ2v) is 5.84. The Morgan fingerprint density at radius 3 is 2.05 bits per heavy atom. The fraction of sp³-hybridized carbons (Fsp3) is 0.562. The molecule has 0 bridgehead atoms. The van der Waals surface area contributed by atoms with Gasteiger partial charge >= 0.3 is 5.97 Å². The Labute approximate surface area is 114 Å². The summed E-state index contributed by atoms with van der Waals surface area (Å²) in [6.07, 6.45) is 6.76. The molecule has 0 radical (unpaired) electrons. The lowest BCUT2D eigenvalue weighted by molar-refractivity contribution is -0.140. The average molecular weight is 259 g/mol. The molecule has 0 aromatic heterocycles. The predicted octanol–water partition coefficient (Wildman–Crippen LogP) is 3.18. The summed E-state index contributed by atoms with van der Waals surface area (Å²) in [7, 11) is 0. The molecule has 0 amide bonds. The number of benzene rings is 1. The van der Waals surface area contributed by atoms with Crippen LogP contribution < -0.4 is 4.90 Å². The molecule has 0 atom stereocenters. The lowest BCUT2D eigenvalue weighted by Crippen LogP contribution is -2.24. The minimum atomic E-state index is -0.671. The zero-order chi connectivity index (χ0) is 13.3. The number of carbonyl (C=O) groups is 1. The normalized spacial score (nSPS) is 21.8. The van der Waals surface area contributed by atoms with E-state index in [-0.39, 0.29) is 0 Å². The molecule has 3 rings (SSSR count). The first-order valence-corrected chi connectivity index (χ1v) is 7.31. The molecule has 102 valence electrons. The van der Waals surface area contributed by atoms with Gasteiger partial charge < -0.3 is 10.0 Å². The van der Waals surface area contributed by atoms with Crippen molar-refractivity contribution < 1.29 is 9.90 Å². The highest BCUT2D eigenvalue weighted by molar-refractivity contribution is 5.85. The first-order valence-electron chi connectivity index (χ1n) is 7.31. The quantitative estimate of drug-likeness (QED) is 0.906. The van der Waals surface area contributed by atoms with Crippen LogP contribution in [-0.2, 0) is 10.2 Å². The maximum atomic E-state index is 11.3. The Bertz CT molecular complexity index is 454. The zero-order valence-corrected chi connectivity index (χ0v) is 11.3. The molecule has 0 spiro atoms. The van der Waals surface area contributed by atoms with Crippen LogP contribution in [-0.4, -0.2) is 24.2 Å². The summed E-state index contributed by atoms with van der Waals surface area (Å²) in [4.78, 5) is 13.7. The minimum Gasteiger partial charge on any atom is -0.481 e. The third-order valence-electron chi connectivity index (χ3n) is 4.55. The number of rotatable bonds is 3. The van der Waals surface area contributed by atoms with Gasteiger partial charge in [0.2, 0.25) is 0 Å². The Kier molecular flexibility index (Phi) is 3.21. The first kappa shape index (κ1) is 12.5. The fourth-order valence-electron chi connectivity index (χ4n) is 3.07. The lowest BCUT2D eigenvalue weighted by Gasteiger charge is -2.23. The average Bonchev–Trinajstić information content (AvgIpc) is 3.24. The number of carboxylic acid groups (broad SMARTS) is 1. The van der Waals surface area contributed by atoms with E-state index in [1.54, 1.807) is 0 Å². The van der Waals surface area contributed by atoms with E-state index in [4.69, 9.17) is 0 Å². The fourth-order valence-corrected chi connectivity index (χ4v) is 3.07. The first-order chi connectivity index (χ1) is 9.22. The second-order valence-electron chi connectivity index (χ2n) is 5.84. The van der Waals surface area contributed by atoms with Crippen molar-refractivity contribution in [1.82, 2.24) is 0 Å². The van der Waals surface area contributed by atoms with Crippen molar-refractivity contribution in [3.8, 4) is 0 Å². The van der Waals surface area contributed by atoms with E-state index >= 15 is 0 Å². The standard InChI is InChI=1S/C16H21NO2/c18-15(19)16(9-10-16)13-5-7-14(8-6-13)17-11-3-1-2-4-12-17/h5-8H,1-4,9-12H2,(H,18,19). The number of hydrogen-bond acceptors (Lipinski definition) is 2. The van der Waals surface area contributed by atoms with Crippen molar-refractivity contribution in [3.05, 3.63) is 29.8 Å². The van der Waals surface area contributed by atoms with Gasteiger partial charge in [-0.15, -0.1) is 0 Å². The number of hydrogen-bond donors (Lipinski definition) is 1. The second kappa shape index (κ2) is 4.87. The van der Waals surface area contributed by atoms with Gasteiger partial charge in [-0.3, -0.25) is 4.79 Å². The van der Waals surface area contributed by atoms with Crippen LogP contribution in [0.25, 0.3) is 0 Å². The molecule has 1 heterocycles. The predicted molar refractivity (Wildman–Crippen MR) is 75.7 cm³/mol. The number of carboxylic acids is 1. The van der Waals surface area contributed by atoms with E-state index in [2.05, 4.69) is 17.0 Å². The third kappa shape index (κ3) is 2.34. The van der Waals surface area contributed by atoms with Crippen LogP contribution >= 0.6 is 0 Å². The smallest absolute Gasteiger partial charge is 0.314 e. The number of anilines is 1. The summed E-state index contributed by atoms with van der Waals surface area (Å²) in [6, 6.07) is 8.23. The molecule has 3 heteroatoms. The zero-order valence-electron chi connectivity index (χ0n) is 11.3. The number of aliphatic carboxylic acids is 1. The van der Waals surface area contributed by atoms with Gasteiger partial charge in [0.15, 0.2) is 0 Å². The lowest BCUT2D eigenvalue weighted by atomic mass is 9.96. The summed E-state index contributed by atoms with van der Waals surface area (Å²) < 4.78 is 0. The van der Waals surface area contributed by atoms with Gasteiger partial charge in [0.25, 0.3) is 0 Å². The molecule has 1 aromatic rings. The summed E-state index contributed by atoms with van der Waals surface area (Å²) in [5, 5.41) is 9.30. The van der Waals surface area contributed by atoms with Crippen molar-refractivity contribution in [3.63, 3.8) is 0 Å². The molecule has 2 aliphatic rings. The van der Waals surface area contributed by atoms with E-state index < -0.39 is 11.4 Å². The Morgan fingerprint density at radius 1 is 1.00 bits per heavy atom. The molecule has 1 aliphatic heterocycles. The Morgan fingerprint density at radius 2 is 1.58 bits per heavy atom. The van der Waals surface area contributed by atoms with Gasteiger partial charge in [0.05, 0.1) is 5.41 Å². The van der Waals surface area contributed by atoms with Gasteiger partial charge in [0.1, 0.15) is 0 Å². The molecule has 19 heavy (non-hydrogen) atoms. The largest absolute Gasteiger partial charge is 0.481 e. The SMILES string of the molecule is O=C(O)C1(c2ccc(N3CCCCCC3)cc2)CC1. The van der Waals surface area contributed by atoms with E-state index in [1.165, 1.54) is 31.4 Å². The summed E-state index contributed by atoms with van der Waals surface area (Å²) in [5.74, 6) is -0.671. The molecule has 0 unspecified atom stereocenters. The van der Waals surface area contributed by atoms with Gasteiger partial charge in [-0.2, -0.15) is 0 Å². The Hall–Kier alpha value is -1.51. The molecule has 1 aromatic carbocycles.